The molecule has 2 amide bonds. The van der Waals surface area contributed by atoms with Crippen LogP contribution in [-0.4, -0.2) is 57.8 Å². The van der Waals surface area contributed by atoms with E-state index in [0.29, 0.717) is 19.0 Å². The van der Waals surface area contributed by atoms with Crippen molar-refractivity contribution in [2.24, 2.45) is 0 Å². The molecular formula is C20H22N6O2. The zero-order chi connectivity index (χ0) is 19.3. The van der Waals surface area contributed by atoms with Gasteiger partial charge in [-0.25, -0.2) is 9.97 Å². The van der Waals surface area contributed by atoms with Crippen molar-refractivity contribution in [3.8, 4) is 0 Å². The third-order valence-corrected chi connectivity index (χ3v) is 4.82. The molecule has 3 aromatic rings. The molecule has 1 aliphatic rings. The molecule has 0 atom stereocenters. The number of hydrogen-bond donors (Lipinski definition) is 2. The fourth-order valence-corrected chi connectivity index (χ4v) is 3.31. The number of carbonyl (C=O) groups is 2. The molecule has 8 nitrogen and oxygen atoms in total. The van der Waals surface area contributed by atoms with Gasteiger partial charge in [0.15, 0.2) is 0 Å². The van der Waals surface area contributed by atoms with Crippen LogP contribution in [0.1, 0.15) is 12.8 Å². The van der Waals surface area contributed by atoms with Gasteiger partial charge >= 0.3 is 0 Å². The van der Waals surface area contributed by atoms with Crippen molar-refractivity contribution in [3.05, 3.63) is 48.7 Å². The van der Waals surface area contributed by atoms with Gasteiger partial charge < -0.3 is 14.8 Å². The predicted octanol–water partition coefficient (Wildman–Crippen LogP) is 2.03. The van der Waals surface area contributed by atoms with Gasteiger partial charge in [0.05, 0.1) is 11.0 Å². The van der Waals surface area contributed by atoms with E-state index in [0.717, 1.165) is 29.9 Å². The maximum Gasteiger partial charge on any atom is 0.227 e. The Hall–Kier alpha value is -3.42. The second-order valence-corrected chi connectivity index (χ2v) is 6.71. The summed E-state index contributed by atoms with van der Waals surface area (Å²) in [7, 11) is 0. The smallest absolute Gasteiger partial charge is 0.227 e. The molecule has 2 N–H and O–H groups in total. The van der Waals surface area contributed by atoms with Gasteiger partial charge in [-0.1, -0.05) is 18.2 Å². The molecular weight excluding hydrogens is 356 g/mol. The van der Waals surface area contributed by atoms with Crippen molar-refractivity contribution < 1.29 is 9.59 Å². The average Bonchev–Trinajstić information content (AvgIpc) is 3.15. The van der Waals surface area contributed by atoms with E-state index in [4.69, 9.17) is 0 Å². The summed E-state index contributed by atoms with van der Waals surface area (Å²) in [6.45, 7) is 2.77. The van der Waals surface area contributed by atoms with Crippen LogP contribution in [0.15, 0.2) is 48.7 Å². The van der Waals surface area contributed by atoms with Crippen LogP contribution in [0.4, 0.5) is 11.8 Å². The van der Waals surface area contributed by atoms with Gasteiger partial charge in [-0.3, -0.25) is 14.9 Å². The fourth-order valence-electron chi connectivity index (χ4n) is 3.31. The number of hydrogen-bond acceptors (Lipinski definition) is 5. The molecule has 0 saturated carbocycles. The monoisotopic (exact) mass is 378 g/mol. The number of fused-ring (bicyclic) bond motifs is 1. The van der Waals surface area contributed by atoms with Crippen LogP contribution in [0, 0.1) is 0 Å². The van der Waals surface area contributed by atoms with Crippen LogP contribution < -0.4 is 10.2 Å². The van der Waals surface area contributed by atoms with Crippen LogP contribution in [0.5, 0.6) is 0 Å². The number of para-hydroxylation sites is 2. The maximum absolute atomic E-state index is 12.4. The first kappa shape index (κ1) is 18.0. The predicted molar refractivity (Wildman–Crippen MR) is 107 cm³/mol. The zero-order valence-corrected chi connectivity index (χ0v) is 15.5. The van der Waals surface area contributed by atoms with Gasteiger partial charge in [-0.2, -0.15) is 0 Å². The lowest BCUT2D eigenvalue weighted by Crippen LogP contribution is -2.49. The Morgan fingerprint density at radius 3 is 2.54 bits per heavy atom. The van der Waals surface area contributed by atoms with E-state index in [1.165, 1.54) is 0 Å². The maximum atomic E-state index is 12.4. The van der Waals surface area contributed by atoms with Crippen LogP contribution >= 0.6 is 0 Å². The summed E-state index contributed by atoms with van der Waals surface area (Å²) in [4.78, 5) is 40.3. The summed E-state index contributed by atoms with van der Waals surface area (Å²) >= 11 is 0. The SMILES string of the molecule is O=C(CCC(=O)N1CCN(c2ccccn2)CC1)Nc1nc2ccccc2[nH]1. The first-order chi connectivity index (χ1) is 13.7. The van der Waals surface area contributed by atoms with Crippen molar-refractivity contribution >= 4 is 34.6 Å². The second kappa shape index (κ2) is 8.08. The van der Waals surface area contributed by atoms with Crippen molar-refractivity contribution in [2.45, 2.75) is 12.8 Å². The van der Waals surface area contributed by atoms with Crippen LogP contribution in [0.3, 0.4) is 0 Å². The Morgan fingerprint density at radius 2 is 1.79 bits per heavy atom. The number of anilines is 2. The van der Waals surface area contributed by atoms with E-state index >= 15 is 0 Å². The van der Waals surface area contributed by atoms with Gasteiger partial charge in [-0.15, -0.1) is 0 Å². The van der Waals surface area contributed by atoms with E-state index < -0.39 is 0 Å². The van der Waals surface area contributed by atoms with Crippen LogP contribution in [0.25, 0.3) is 11.0 Å². The summed E-state index contributed by atoms with van der Waals surface area (Å²) in [6, 6.07) is 13.4. The Balaban J connectivity index is 1.23. The number of nitrogens with one attached hydrogen (secondary N) is 2. The van der Waals surface area contributed by atoms with Gasteiger partial charge in [0.1, 0.15) is 5.82 Å². The number of imidazole rings is 1. The lowest BCUT2D eigenvalue weighted by Gasteiger charge is -2.35. The molecule has 1 saturated heterocycles. The third kappa shape index (κ3) is 4.11. The number of piperazine rings is 1. The number of nitrogens with zero attached hydrogens (tertiary/aromatic N) is 4. The molecule has 0 bridgehead atoms. The minimum Gasteiger partial charge on any atom is -0.353 e. The minimum absolute atomic E-state index is 0.000395. The lowest BCUT2D eigenvalue weighted by atomic mass is 10.2. The summed E-state index contributed by atoms with van der Waals surface area (Å²) in [5.74, 6) is 1.11. The topological polar surface area (TPSA) is 94.2 Å². The van der Waals surface area contributed by atoms with Crippen molar-refractivity contribution in [2.75, 3.05) is 36.4 Å². The number of benzene rings is 1. The number of pyridine rings is 1. The Morgan fingerprint density at radius 1 is 1.00 bits per heavy atom. The molecule has 8 heteroatoms. The third-order valence-electron chi connectivity index (χ3n) is 4.82. The molecule has 2 aromatic heterocycles. The molecule has 1 aromatic carbocycles. The van der Waals surface area contributed by atoms with Crippen LogP contribution in [0.2, 0.25) is 0 Å². The van der Waals surface area contributed by atoms with E-state index in [1.807, 2.05) is 47.4 Å². The summed E-state index contributed by atoms with van der Waals surface area (Å²) in [6.07, 6.45) is 2.10. The van der Waals surface area contributed by atoms with Crippen LogP contribution in [-0.2, 0) is 9.59 Å². The normalized spacial score (nSPS) is 14.3. The van der Waals surface area contributed by atoms with E-state index in [2.05, 4.69) is 25.2 Å². The number of rotatable bonds is 5. The van der Waals surface area contributed by atoms with Gasteiger partial charge in [0.2, 0.25) is 17.8 Å². The minimum atomic E-state index is -0.223. The molecule has 0 radical (unpaired) electrons. The Kier molecular flexibility index (Phi) is 5.18. The van der Waals surface area contributed by atoms with E-state index in [1.54, 1.807) is 6.20 Å². The quantitative estimate of drug-likeness (QED) is 0.708. The van der Waals surface area contributed by atoms with Gasteiger partial charge in [0.25, 0.3) is 0 Å². The number of aromatic nitrogens is 3. The van der Waals surface area contributed by atoms with Crippen molar-refractivity contribution in [1.29, 1.82) is 0 Å². The Labute approximate surface area is 162 Å². The molecule has 28 heavy (non-hydrogen) atoms. The highest BCUT2D eigenvalue weighted by atomic mass is 16.2. The molecule has 3 heterocycles. The lowest BCUT2D eigenvalue weighted by molar-refractivity contribution is -0.133. The second-order valence-electron chi connectivity index (χ2n) is 6.71. The number of carbonyl (C=O) groups excluding carboxylic acids is 2. The summed E-state index contributed by atoms with van der Waals surface area (Å²) in [5, 5.41) is 2.73. The summed E-state index contributed by atoms with van der Waals surface area (Å²) in [5.41, 5.74) is 1.65. The molecule has 144 valence electrons. The highest BCUT2D eigenvalue weighted by molar-refractivity contribution is 5.93. The highest BCUT2D eigenvalue weighted by Gasteiger charge is 2.22. The first-order valence-corrected chi connectivity index (χ1v) is 9.37. The number of H-pyrrole nitrogens is 1. The standard InChI is InChI=1S/C20H22N6O2/c27-18(24-20-22-15-5-1-2-6-16(15)23-20)8-9-19(28)26-13-11-25(12-14-26)17-7-3-4-10-21-17/h1-7,10H,8-9,11-14H2,(H2,22,23,24,27). The zero-order valence-electron chi connectivity index (χ0n) is 15.5. The summed E-state index contributed by atoms with van der Waals surface area (Å²) < 4.78 is 0. The first-order valence-electron chi connectivity index (χ1n) is 9.37. The van der Waals surface area contributed by atoms with Gasteiger partial charge in [0, 0.05) is 45.2 Å². The molecule has 1 fully saturated rings. The number of aromatic amines is 1. The number of amides is 2. The van der Waals surface area contributed by atoms with E-state index in [9.17, 15) is 9.59 Å². The Bertz CT molecular complexity index is 930. The van der Waals surface area contributed by atoms with E-state index in [-0.39, 0.29) is 24.7 Å². The molecule has 1 aliphatic heterocycles. The fraction of sp³-hybridized carbons (Fsp3) is 0.300. The van der Waals surface area contributed by atoms with Crippen molar-refractivity contribution in [3.63, 3.8) is 0 Å². The van der Waals surface area contributed by atoms with Gasteiger partial charge in [-0.05, 0) is 24.3 Å². The molecule has 4 rings (SSSR count). The average molecular weight is 378 g/mol. The molecule has 0 unspecified atom stereocenters. The largest absolute Gasteiger partial charge is 0.353 e. The van der Waals surface area contributed by atoms with Crippen molar-refractivity contribution in [1.82, 2.24) is 19.9 Å². The molecule has 0 spiro atoms. The highest BCUT2D eigenvalue weighted by Crippen LogP contribution is 2.15. The molecule has 0 aliphatic carbocycles.